The number of aryl methyl sites for hydroxylation is 2. The van der Waals surface area contributed by atoms with Crippen LogP contribution < -0.4 is 10.5 Å². The minimum absolute atomic E-state index is 0.187. The summed E-state index contributed by atoms with van der Waals surface area (Å²) in [6.45, 7) is 5.87. The van der Waals surface area contributed by atoms with Gasteiger partial charge in [-0.3, -0.25) is 9.69 Å². The van der Waals surface area contributed by atoms with Gasteiger partial charge in [0.05, 0.1) is 6.54 Å². The van der Waals surface area contributed by atoms with Crippen LogP contribution in [-0.2, 0) is 4.79 Å². The first kappa shape index (κ1) is 17.4. The number of ether oxygens (including phenoxy) is 1. The molecule has 1 aliphatic heterocycles. The normalized spacial score (nSPS) is 18.1. The van der Waals surface area contributed by atoms with Crippen molar-refractivity contribution < 1.29 is 9.53 Å². The first-order chi connectivity index (χ1) is 12.0. The number of nitrogens with two attached hydrogens (primary N) is 1. The number of amides is 1. The van der Waals surface area contributed by atoms with E-state index in [9.17, 15) is 4.79 Å². The van der Waals surface area contributed by atoms with E-state index in [-0.39, 0.29) is 18.4 Å². The fraction of sp³-hybridized carbons (Fsp3) is 0.421. The van der Waals surface area contributed by atoms with Gasteiger partial charge in [-0.15, -0.1) is 0 Å². The lowest BCUT2D eigenvalue weighted by Crippen LogP contribution is -2.40. The van der Waals surface area contributed by atoms with Crippen LogP contribution in [0.2, 0.25) is 0 Å². The molecule has 6 nitrogen and oxygen atoms in total. The number of benzene rings is 1. The number of aromatic nitrogens is 2. The van der Waals surface area contributed by atoms with Crippen molar-refractivity contribution in [3.05, 3.63) is 47.4 Å². The molecule has 0 unspecified atom stereocenters. The van der Waals surface area contributed by atoms with E-state index in [0.717, 1.165) is 48.8 Å². The Balaban J connectivity index is 1.79. The Hall–Kier alpha value is -2.47. The highest BCUT2D eigenvalue weighted by atomic mass is 16.5. The lowest BCUT2D eigenvalue weighted by atomic mass is 9.97. The third kappa shape index (κ3) is 4.54. The highest BCUT2D eigenvalue weighted by molar-refractivity contribution is 5.75. The van der Waals surface area contributed by atoms with Crippen LogP contribution in [-0.4, -0.2) is 40.4 Å². The molecule has 1 fully saturated rings. The molecule has 0 radical (unpaired) electrons. The molecule has 1 amide bonds. The Kier molecular flexibility index (Phi) is 5.28. The first-order valence-corrected chi connectivity index (χ1v) is 8.61. The van der Waals surface area contributed by atoms with E-state index in [2.05, 4.69) is 14.9 Å². The second-order valence-corrected chi connectivity index (χ2v) is 6.61. The zero-order valence-electron chi connectivity index (χ0n) is 14.7. The van der Waals surface area contributed by atoms with Gasteiger partial charge in [-0.25, -0.2) is 4.98 Å². The number of hydrogen-bond acceptors (Lipinski definition) is 5. The van der Waals surface area contributed by atoms with Gasteiger partial charge in [-0.1, -0.05) is 18.2 Å². The topological polar surface area (TPSA) is 81.3 Å². The maximum Gasteiger partial charge on any atom is 0.231 e. The average molecular weight is 340 g/mol. The molecule has 132 valence electrons. The van der Waals surface area contributed by atoms with Crippen molar-refractivity contribution in [2.45, 2.75) is 32.6 Å². The molecule has 6 heteroatoms. The van der Waals surface area contributed by atoms with Gasteiger partial charge in [0, 0.05) is 24.2 Å². The number of para-hydroxylation sites is 1. The molecule has 1 aliphatic rings. The van der Waals surface area contributed by atoms with E-state index < -0.39 is 0 Å². The number of hydrogen-bond donors (Lipinski definition) is 1. The summed E-state index contributed by atoms with van der Waals surface area (Å²) >= 11 is 0. The van der Waals surface area contributed by atoms with E-state index in [1.54, 1.807) is 0 Å². The Labute approximate surface area is 148 Å². The minimum Gasteiger partial charge on any atom is -0.439 e. The third-order valence-corrected chi connectivity index (χ3v) is 4.41. The van der Waals surface area contributed by atoms with Crippen LogP contribution in [0.4, 0.5) is 0 Å². The van der Waals surface area contributed by atoms with Gasteiger partial charge >= 0.3 is 0 Å². The lowest BCUT2D eigenvalue weighted by molar-refractivity contribution is -0.119. The number of primary amides is 1. The van der Waals surface area contributed by atoms with E-state index in [1.807, 2.05) is 44.2 Å². The van der Waals surface area contributed by atoms with Crippen molar-refractivity contribution in [2.75, 3.05) is 19.6 Å². The molecular formula is C19H24N4O2. The molecule has 1 atom stereocenters. The standard InChI is InChI=1S/C19H24N4O2/c1-13-6-3-4-8-16(13)25-18-10-14(2)21-19(22-18)15-7-5-9-23(11-15)12-17(20)24/h3-4,6,8,10,15H,5,7,9,11-12H2,1-2H3,(H2,20,24)/t15-/m0/s1. The summed E-state index contributed by atoms with van der Waals surface area (Å²) in [5.41, 5.74) is 7.26. The number of likely N-dealkylation sites (tertiary alicyclic amines) is 1. The van der Waals surface area contributed by atoms with Crippen LogP contribution in [0.3, 0.4) is 0 Å². The van der Waals surface area contributed by atoms with Crippen molar-refractivity contribution in [3.63, 3.8) is 0 Å². The van der Waals surface area contributed by atoms with Crippen molar-refractivity contribution in [1.29, 1.82) is 0 Å². The van der Waals surface area contributed by atoms with Gasteiger partial charge < -0.3 is 10.5 Å². The van der Waals surface area contributed by atoms with Gasteiger partial charge in [0.15, 0.2) is 0 Å². The minimum atomic E-state index is -0.297. The van der Waals surface area contributed by atoms with E-state index in [0.29, 0.717) is 5.88 Å². The molecular weight excluding hydrogens is 316 g/mol. The van der Waals surface area contributed by atoms with Gasteiger partial charge in [0.2, 0.25) is 11.8 Å². The molecule has 2 N–H and O–H groups in total. The monoisotopic (exact) mass is 340 g/mol. The lowest BCUT2D eigenvalue weighted by Gasteiger charge is -2.31. The predicted molar refractivity (Wildman–Crippen MR) is 95.6 cm³/mol. The second-order valence-electron chi connectivity index (χ2n) is 6.61. The summed E-state index contributed by atoms with van der Waals surface area (Å²) < 4.78 is 5.97. The molecule has 0 spiro atoms. The van der Waals surface area contributed by atoms with Crippen LogP contribution in [0.25, 0.3) is 0 Å². The number of carbonyl (C=O) groups is 1. The maximum atomic E-state index is 11.2. The van der Waals surface area contributed by atoms with Crippen LogP contribution in [0, 0.1) is 13.8 Å². The Morgan fingerprint density at radius 2 is 2.12 bits per heavy atom. The van der Waals surface area contributed by atoms with Crippen molar-refractivity contribution in [3.8, 4) is 11.6 Å². The number of carbonyl (C=O) groups excluding carboxylic acids is 1. The average Bonchev–Trinajstić information content (AvgIpc) is 2.56. The predicted octanol–water partition coefficient (Wildman–Crippen LogP) is 2.55. The molecule has 1 aromatic heterocycles. The van der Waals surface area contributed by atoms with Gasteiger partial charge in [-0.05, 0) is 44.9 Å². The largest absolute Gasteiger partial charge is 0.439 e. The summed E-state index contributed by atoms with van der Waals surface area (Å²) in [5.74, 6) is 2.02. The molecule has 3 rings (SSSR count). The van der Waals surface area contributed by atoms with Gasteiger partial charge in [0.1, 0.15) is 11.6 Å². The zero-order valence-corrected chi connectivity index (χ0v) is 14.7. The maximum absolute atomic E-state index is 11.2. The van der Waals surface area contributed by atoms with E-state index in [4.69, 9.17) is 10.5 Å². The van der Waals surface area contributed by atoms with E-state index in [1.165, 1.54) is 0 Å². The van der Waals surface area contributed by atoms with Gasteiger partial charge in [-0.2, -0.15) is 4.98 Å². The number of piperidine rings is 1. The molecule has 1 aromatic carbocycles. The van der Waals surface area contributed by atoms with Crippen LogP contribution >= 0.6 is 0 Å². The van der Waals surface area contributed by atoms with Crippen molar-refractivity contribution >= 4 is 5.91 Å². The van der Waals surface area contributed by atoms with Crippen molar-refractivity contribution in [2.24, 2.45) is 5.73 Å². The number of nitrogens with zero attached hydrogens (tertiary/aromatic N) is 3. The summed E-state index contributed by atoms with van der Waals surface area (Å²) in [4.78, 5) is 22.5. The molecule has 2 heterocycles. The number of rotatable bonds is 5. The zero-order chi connectivity index (χ0) is 17.8. The van der Waals surface area contributed by atoms with Crippen LogP contribution in [0.15, 0.2) is 30.3 Å². The summed E-state index contributed by atoms with van der Waals surface area (Å²) in [5, 5.41) is 0. The first-order valence-electron chi connectivity index (χ1n) is 8.61. The Morgan fingerprint density at radius 3 is 2.88 bits per heavy atom. The molecule has 0 bridgehead atoms. The Morgan fingerprint density at radius 1 is 1.32 bits per heavy atom. The third-order valence-electron chi connectivity index (χ3n) is 4.41. The molecule has 25 heavy (non-hydrogen) atoms. The summed E-state index contributed by atoms with van der Waals surface area (Å²) in [6.07, 6.45) is 2.01. The second kappa shape index (κ2) is 7.61. The molecule has 2 aromatic rings. The highest BCUT2D eigenvalue weighted by Crippen LogP contribution is 2.28. The van der Waals surface area contributed by atoms with E-state index >= 15 is 0 Å². The summed E-state index contributed by atoms with van der Waals surface area (Å²) in [6, 6.07) is 9.71. The Bertz CT molecular complexity index is 763. The quantitative estimate of drug-likeness (QED) is 0.904. The molecule has 1 saturated heterocycles. The molecule has 0 saturated carbocycles. The van der Waals surface area contributed by atoms with Crippen molar-refractivity contribution in [1.82, 2.24) is 14.9 Å². The van der Waals surface area contributed by atoms with Crippen LogP contribution in [0.5, 0.6) is 11.6 Å². The molecule has 0 aliphatic carbocycles. The van der Waals surface area contributed by atoms with Gasteiger partial charge in [0.25, 0.3) is 0 Å². The summed E-state index contributed by atoms with van der Waals surface area (Å²) in [7, 11) is 0. The SMILES string of the molecule is Cc1cc(Oc2ccccc2C)nc([C@H]2CCCN(CC(N)=O)C2)n1. The fourth-order valence-corrected chi connectivity index (χ4v) is 3.21. The smallest absolute Gasteiger partial charge is 0.231 e. The van der Waals surface area contributed by atoms with Crippen LogP contribution in [0.1, 0.15) is 35.8 Å². The highest BCUT2D eigenvalue weighted by Gasteiger charge is 2.25. The fourth-order valence-electron chi connectivity index (χ4n) is 3.21.